The van der Waals surface area contributed by atoms with Crippen molar-refractivity contribution in [3.05, 3.63) is 29.6 Å². The number of sulfonamides is 1. The van der Waals surface area contributed by atoms with E-state index in [-0.39, 0.29) is 30.6 Å². The molecule has 0 aromatic heterocycles. The van der Waals surface area contributed by atoms with Gasteiger partial charge in [0.2, 0.25) is 10.0 Å². The Hall–Kier alpha value is -1.47. The molecule has 134 valence electrons. The van der Waals surface area contributed by atoms with Crippen LogP contribution in [0.1, 0.15) is 50.4 Å². The van der Waals surface area contributed by atoms with Gasteiger partial charge in [-0.05, 0) is 44.4 Å². The molecule has 0 aliphatic carbocycles. The summed E-state index contributed by atoms with van der Waals surface area (Å²) in [5.41, 5.74) is 0.218. The SMILES string of the molecule is CCN(CC)S(=O)(=O)c1cc(C(=O)N2CCCCC2C)ccc1F. The lowest BCUT2D eigenvalue weighted by Crippen LogP contribution is -2.42. The number of rotatable bonds is 5. The molecule has 5 nitrogen and oxygen atoms in total. The van der Waals surface area contributed by atoms with Gasteiger partial charge in [-0.25, -0.2) is 12.8 Å². The zero-order valence-electron chi connectivity index (χ0n) is 14.5. The summed E-state index contributed by atoms with van der Waals surface area (Å²) < 4.78 is 40.5. The van der Waals surface area contributed by atoms with Crippen LogP contribution in [0.5, 0.6) is 0 Å². The molecule has 1 fully saturated rings. The average molecular weight is 356 g/mol. The summed E-state index contributed by atoms with van der Waals surface area (Å²) in [6, 6.07) is 3.71. The van der Waals surface area contributed by atoms with Gasteiger partial charge in [0.25, 0.3) is 5.91 Å². The van der Waals surface area contributed by atoms with Gasteiger partial charge in [-0.1, -0.05) is 13.8 Å². The molecule has 0 N–H and O–H groups in total. The second-order valence-electron chi connectivity index (χ2n) is 6.08. The van der Waals surface area contributed by atoms with Crippen LogP contribution >= 0.6 is 0 Å². The largest absolute Gasteiger partial charge is 0.336 e. The molecule has 1 saturated heterocycles. The van der Waals surface area contributed by atoms with E-state index in [2.05, 4.69) is 0 Å². The van der Waals surface area contributed by atoms with Crippen LogP contribution in [0.3, 0.4) is 0 Å². The first-order chi connectivity index (χ1) is 11.3. The van der Waals surface area contributed by atoms with Crippen molar-refractivity contribution in [3.8, 4) is 0 Å². The van der Waals surface area contributed by atoms with Gasteiger partial charge in [0, 0.05) is 31.2 Å². The number of carbonyl (C=O) groups is 1. The first-order valence-electron chi connectivity index (χ1n) is 8.43. The molecule has 7 heteroatoms. The molecule has 1 aromatic carbocycles. The molecule has 1 amide bonds. The number of amides is 1. The van der Waals surface area contributed by atoms with Crippen molar-refractivity contribution < 1.29 is 17.6 Å². The predicted molar refractivity (Wildman–Crippen MR) is 90.9 cm³/mol. The first kappa shape index (κ1) is 18.9. The van der Waals surface area contributed by atoms with Crippen LogP contribution in [-0.2, 0) is 10.0 Å². The molecule has 0 radical (unpaired) electrons. The molecule has 1 heterocycles. The maximum atomic E-state index is 14.1. The normalized spacial score (nSPS) is 18.9. The topological polar surface area (TPSA) is 57.7 Å². The van der Waals surface area contributed by atoms with Crippen LogP contribution in [0.25, 0.3) is 0 Å². The van der Waals surface area contributed by atoms with Crippen LogP contribution in [0.2, 0.25) is 0 Å². The second-order valence-corrected chi connectivity index (χ2v) is 7.98. The van der Waals surface area contributed by atoms with Gasteiger partial charge in [-0.3, -0.25) is 4.79 Å². The highest BCUT2D eigenvalue weighted by Crippen LogP contribution is 2.24. The Kier molecular flexibility index (Phi) is 5.98. The molecular formula is C17H25FN2O3S. The molecule has 2 rings (SSSR count). The Morgan fingerprint density at radius 2 is 1.96 bits per heavy atom. The Balaban J connectivity index is 2.40. The van der Waals surface area contributed by atoms with E-state index in [1.54, 1.807) is 18.7 Å². The molecule has 1 unspecified atom stereocenters. The Morgan fingerprint density at radius 3 is 2.54 bits per heavy atom. The third kappa shape index (κ3) is 3.62. The summed E-state index contributed by atoms with van der Waals surface area (Å²) in [5.74, 6) is -1.07. The van der Waals surface area contributed by atoms with Crippen molar-refractivity contribution in [3.63, 3.8) is 0 Å². The summed E-state index contributed by atoms with van der Waals surface area (Å²) in [5, 5.41) is 0. The summed E-state index contributed by atoms with van der Waals surface area (Å²) in [6.07, 6.45) is 2.94. The van der Waals surface area contributed by atoms with Crippen molar-refractivity contribution in [2.24, 2.45) is 0 Å². The molecule has 1 aromatic rings. The third-order valence-corrected chi connectivity index (χ3v) is 6.63. The van der Waals surface area contributed by atoms with Crippen molar-refractivity contribution in [2.75, 3.05) is 19.6 Å². The van der Waals surface area contributed by atoms with E-state index in [9.17, 15) is 17.6 Å². The van der Waals surface area contributed by atoms with Gasteiger partial charge in [0.05, 0.1) is 0 Å². The number of halogens is 1. The fourth-order valence-electron chi connectivity index (χ4n) is 3.10. The highest BCUT2D eigenvalue weighted by atomic mass is 32.2. The van der Waals surface area contributed by atoms with Crippen LogP contribution < -0.4 is 0 Å². The van der Waals surface area contributed by atoms with Gasteiger partial charge in [-0.15, -0.1) is 0 Å². The molecule has 0 bridgehead atoms. The van der Waals surface area contributed by atoms with Gasteiger partial charge in [0.15, 0.2) is 0 Å². The number of carbonyl (C=O) groups excluding carboxylic acids is 1. The van der Waals surface area contributed by atoms with Crippen LogP contribution in [0, 0.1) is 5.82 Å². The fraction of sp³-hybridized carbons (Fsp3) is 0.588. The van der Waals surface area contributed by atoms with E-state index in [1.807, 2.05) is 6.92 Å². The standard InChI is InChI=1S/C17H25FN2O3S/c1-4-19(5-2)24(22,23)16-12-14(9-10-15(16)18)17(21)20-11-7-6-8-13(20)3/h9-10,12-13H,4-8,11H2,1-3H3. The highest BCUT2D eigenvalue weighted by Gasteiger charge is 2.29. The monoisotopic (exact) mass is 356 g/mol. The molecule has 1 aliphatic heterocycles. The van der Waals surface area contributed by atoms with Crippen LogP contribution in [0.4, 0.5) is 4.39 Å². The van der Waals surface area contributed by atoms with E-state index in [4.69, 9.17) is 0 Å². The molecule has 24 heavy (non-hydrogen) atoms. The summed E-state index contributed by atoms with van der Waals surface area (Å²) >= 11 is 0. The summed E-state index contributed by atoms with van der Waals surface area (Å²) in [6.45, 7) is 6.52. The summed E-state index contributed by atoms with van der Waals surface area (Å²) in [4.78, 5) is 14.0. The zero-order valence-corrected chi connectivity index (χ0v) is 15.3. The maximum Gasteiger partial charge on any atom is 0.254 e. The number of piperidine rings is 1. The minimum atomic E-state index is -3.94. The Labute approximate surface area is 143 Å². The van der Waals surface area contributed by atoms with Crippen molar-refractivity contribution in [1.82, 2.24) is 9.21 Å². The zero-order chi connectivity index (χ0) is 17.9. The molecule has 0 saturated carbocycles. The van der Waals surface area contributed by atoms with E-state index in [1.165, 1.54) is 16.4 Å². The highest BCUT2D eigenvalue weighted by molar-refractivity contribution is 7.89. The number of likely N-dealkylation sites (tertiary alicyclic amines) is 1. The van der Waals surface area contributed by atoms with E-state index in [0.717, 1.165) is 25.3 Å². The predicted octanol–water partition coefficient (Wildman–Crippen LogP) is 2.87. The quantitative estimate of drug-likeness (QED) is 0.815. The van der Waals surface area contributed by atoms with E-state index in [0.29, 0.717) is 6.54 Å². The van der Waals surface area contributed by atoms with Gasteiger partial charge < -0.3 is 4.90 Å². The fourth-order valence-corrected chi connectivity index (χ4v) is 4.65. The minimum Gasteiger partial charge on any atom is -0.336 e. The van der Waals surface area contributed by atoms with Gasteiger partial charge >= 0.3 is 0 Å². The van der Waals surface area contributed by atoms with Crippen molar-refractivity contribution >= 4 is 15.9 Å². The summed E-state index contributed by atoms with van der Waals surface area (Å²) in [7, 11) is -3.94. The average Bonchev–Trinajstić information content (AvgIpc) is 2.56. The second kappa shape index (κ2) is 7.61. The van der Waals surface area contributed by atoms with Gasteiger partial charge in [-0.2, -0.15) is 4.31 Å². The number of nitrogens with zero attached hydrogens (tertiary/aromatic N) is 2. The number of hydrogen-bond acceptors (Lipinski definition) is 3. The molecule has 1 atom stereocenters. The minimum absolute atomic E-state index is 0.110. The number of benzene rings is 1. The lowest BCUT2D eigenvalue weighted by Gasteiger charge is -2.33. The Morgan fingerprint density at radius 1 is 1.29 bits per heavy atom. The lowest BCUT2D eigenvalue weighted by atomic mass is 10.0. The van der Waals surface area contributed by atoms with Crippen LogP contribution in [-0.4, -0.2) is 49.2 Å². The Bertz CT molecular complexity index is 702. The van der Waals surface area contributed by atoms with E-state index < -0.39 is 20.7 Å². The van der Waals surface area contributed by atoms with Crippen molar-refractivity contribution in [2.45, 2.75) is 51.0 Å². The first-order valence-corrected chi connectivity index (χ1v) is 9.87. The van der Waals surface area contributed by atoms with Gasteiger partial charge in [0.1, 0.15) is 10.7 Å². The lowest BCUT2D eigenvalue weighted by molar-refractivity contribution is 0.0635. The number of hydrogen-bond donors (Lipinski definition) is 0. The molecular weight excluding hydrogens is 331 g/mol. The maximum absolute atomic E-state index is 14.1. The molecule has 0 spiro atoms. The third-order valence-electron chi connectivity index (χ3n) is 4.57. The van der Waals surface area contributed by atoms with E-state index >= 15 is 0 Å². The van der Waals surface area contributed by atoms with Crippen LogP contribution in [0.15, 0.2) is 23.1 Å². The molecule has 1 aliphatic rings. The van der Waals surface area contributed by atoms with Crippen molar-refractivity contribution in [1.29, 1.82) is 0 Å². The smallest absolute Gasteiger partial charge is 0.254 e.